The van der Waals surface area contributed by atoms with Crippen LogP contribution in [0.5, 0.6) is 0 Å². The molecule has 3 aromatic rings. The predicted molar refractivity (Wildman–Crippen MR) is 81.2 cm³/mol. The van der Waals surface area contributed by atoms with Crippen LogP contribution < -0.4 is 0 Å². The monoisotopic (exact) mass is 311 g/mol. The SMILES string of the molecule is Cc1cc([C@H]2CCCN2Cc2nc(-c3ccccn3)no2)on1. The topological polar surface area (TPSA) is 81.1 Å². The van der Waals surface area contributed by atoms with Crippen LogP contribution in [0.3, 0.4) is 0 Å². The van der Waals surface area contributed by atoms with Crippen molar-refractivity contribution in [2.75, 3.05) is 6.54 Å². The lowest BCUT2D eigenvalue weighted by atomic mass is 10.1. The van der Waals surface area contributed by atoms with Gasteiger partial charge in [0.2, 0.25) is 11.7 Å². The molecule has 3 aromatic heterocycles. The number of likely N-dealkylation sites (tertiary alicyclic amines) is 1. The Bertz CT molecular complexity index is 783. The van der Waals surface area contributed by atoms with E-state index in [9.17, 15) is 0 Å². The van der Waals surface area contributed by atoms with Gasteiger partial charge in [0.05, 0.1) is 18.3 Å². The fraction of sp³-hybridized carbons (Fsp3) is 0.375. The minimum atomic E-state index is 0.224. The van der Waals surface area contributed by atoms with Gasteiger partial charge in [-0.05, 0) is 38.4 Å². The first-order valence-corrected chi connectivity index (χ1v) is 7.71. The lowest BCUT2D eigenvalue weighted by Gasteiger charge is -2.19. The van der Waals surface area contributed by atoms with Gasteiger partial charge >= 0.3 is 0 Å². The first kappa shape index (κ1) is 14.1. The van der Waals surface area contributed by atoms with Gasteiger partial charge in [0.1, 0.15) is 5.69 Å². The summed E-state index contributed by atoms with van der Waals surface area (Å²) < 4.78 is 10.8. The second kappa shape index (κ2) is 5.92. The first-order chi connectivity index (χ1) is 11.3. The molecule has 0 N–H and O–H groups in total. The number of pyridine rings is 1. The van der Waals surface area contributed by atoms with Crippen LogP contribution in [0.15, 0.2) is 39.5 Å². The molecule has 0 spiro atoms. The van der Waals surface area contributed by atoms with Crippen LogP contribution >= 0.6 is 0 Å². The third-order valence-corrected chi connectivity index (χ3v) is 4.04. The van der Waals surface area contributed by atoms with Crippen molar-refractivity contribution in [3.63, 3.8) is 0 Å². The Balaban J connectivity index is 1.50. The first-order valence-electron chi connectivity index (χ1n) is 7.71. The lowest BCUT2D eigenvalue weighted by Crippen LogP contribution is -2.22. The molecule has 1 atom stereocenters. The van der Waals surface area contributed by atoms with E-state index in [0.29, 0.717) is 24.0 Å². The largest absolute Gasteiger partial charge is 0.359 e. The van der Waals surface area contributed by atoms with Gasteiger partial charge < -0.3 is 9.05 Å². The van der Waals surface area contributed by atoms with E-state index in [1.807, 2.05) is 31.2 Å². The Morgan fingerprint density at radius 2 is 2.22 bits per heavy atom. The van der Waals surface area contributed by atoms with Gasteiger partial charge in [0.15, 0.2) is 5.76 Å². The van der Waals surface area contributed by atoms with E-state index in [1.54, 1.807) is 6.20 Å². The van der Waals surface area contributed by atoms with Gasteiger partial charge in [-0.1, -0.05) is 16.4 Å². The van der Waals surface area contributed by atoms with E-state index >= 15 is 0 Å². The number of hydrogen-bond acceptors (Lipinski definition) is 7. The molecular formula is C16H17N5O2. The van der Waals surface area contributed by atoms with E-state index in [4.69, 9.17) is 9.05 Å². The number of rotatable bonds is 4. The van der Waals surface area contributed by atoms with Gasteiger partial charge in [-0.15, -0.1) is 0 Å². The lowest BCUT2D eigenvalue weighted by molar-refractivity contribution is 0.183. The summed E-state index contributed by atoms with van der Waals surface area (Å²) in [5.41, 5.74) is 1.62. The van der Waals surface area contributed by atoms with Crippen molar-refractivity contribution in [1.29, 1.82) is 0 Å². The minimum Gasteiger partial charge on any atom is -0.359 e. The molecule has 1 saturated heterocycles. The van der Waals surface area contributed by atoms with Crippen LogP contribution in [0, 0.1) is 6.92 Å². The second-order valence-electron chi connectivity index (χ2n) is 5.73. The molecule has 0 aromatic carbocycles. The third kappa shape index (κ3) is 2.87. The van der Waals surface area contributed by atoms with Crippen molar-refractivity contribution in [2.24, 2.45) is 0 Å². The number of aromatic nitrogens is 4. The van der Waals surface area contributed by atoms with Crippen LogP contribution in [-0.4, -0.2) is 31.7 Å². The van der Waals surface area contributed by atoms with Crippen LogP contribution in [0.1, 0.15) is 36.2 Å². The molecule has 1 aliphatic rings. The van der Waals surface area contributed by atoms with E-state index < -0.39 is 0 Å². The zero-order valence-electron chi connectivity index (χ0n) is 12.8. The average Bonchev–Trinajstić information content (AvgIpc) is 3.29. The molecule has 7 nitrogen and oxygen atoms in total. The smallest absolute Gasteiger partial charge is 0.241 e. The standard InChI is InChI=1S/C16H17N5O2/c1-11-9-14(22-19-11)13-6-4-8-21(13)10-15-18-16(20-23-15)12-5-2-3-7-17-12/h2-3,5,7,9,13H,4,6,8,10H2,1H3/t13-/m1/s1. The van der Waals surface area contributed by atoms with Gasteiger partial charge in [-0.2, -0.15) is 4.98 Å². The van der Waals surface area contributed by atoms with Crippen LogP contribution in [-0.2, 0) is 6.54 Å². The maximum Gasteiger partial charge on any atom is 0.241 e. The van der Waals surface area contributed by atoms with E-state index in [-0.39, 0.29) is 6.04 Å². The highest BCUT2D eigenvalue weighted by atomic mass is 16.5. The molecule has 0 saturated carbocycles. The predicted octanol–water partition coefficient (Wildman–Crippen LogP) is 2.77. The zero-order chi connectivity index (χ0) is 15.6. The molecule has 7 heteroatoms. The quantitative estimate of drug-likeness (QED) is 0.732. The summed E-state index contributed by atoms with van der Waals surface area (Å²) >= 11 is 0. The van der Waals surface area contributed by atoms with Gasteiger partial charge in [0.25, 0.3) is 0 Å². The van der Waals surface area contributed by atoms with E-state index in [2.05, 4.69) is 25.2 Å². The van der Waals surface area contributed by atoms with Gasteiger partial charge in [0, 0.05) is 12.3 Å². The third-order valence-electron chi connectivity index (χ3n) is 4.04. The Labute approximate surface area is 133 Å². The van der Waals surface area contributed by atoms with E-state index in [0.717, 1.165) is 30.8 Å². The molecule has 4 rings (SSSR count). The number of aryl methyl sites for hydroxylation is 1. The summed E-state index contributed by atoms with van der Waals surface area (Å²) in [6.45, 7) is 3.51. The normalized spacial score (nSPS) is 18.6. The molecule has 23 heavy (non-hydrogen) atoms. The Morgan fingerprint density at radius 3 is 3.00 bits per heavy atom. The van der Waals surface area contributed by atoms with Crippen molar-refractivity contribution in [2.45, 2.75) is 32.4 Å². The molecule has 4 heterocycles. The summed E-state index contributed by atoms with van der Waals surface area (Å²) in [7, 11) is 0. The molecule has 0 bridgehead atoms. The van der Waals surface area contributed by atoms with Crippen molar-refractivity contribution in [3.8, 4) is 11.5 Å². The number of nitrogens with zero attached hydrogens (tertiary/aromatic N) is 5. The fourth-order valence-electron chi connectivity index (χ4n) is 2.97. The van der Waals surface area contributed by atoms with Crippen LogP contribution in [0.2, 0.25) is 0 Å². The van der Waals surface area contributed by atoms with Gasteiger partial charge in [-0.25, -0.2) is 0 Å². The van der Waals surface area contributed by atoms with Crippen molar-refractivity contribution in [3.05, 3.63) is 47.8 Å². The Hall–Kier alpha value is -2.54. The molecule has 0 radical (unpaired) electrons. The highest BCUT2D eigenvalue weighted by Gasteiger charge is 2.30. The van der Waals surface area contributed by atoms with E-state index in [1.165, 1.54) is 0 Å². The summed E-state index contributed by atoms with van der Waals surface area (Å²) in [5.74, 6) is 2.02. The van der Waals surface area contributed by atoms with Crippen molar-refractivity contribution in [1.82, 2.24) is 25.2 Å². The second-order valence-corrected chi connectivity index (χ2v) is 5.73. The molecule has 1 aliphatic heterocycles. The van der Waals surface area contributed by atoms with Crippen molar-refractivity contribution >= 4 is 0 Å². The molecule has 118 valence electrons. The molecule has 0 unspecified atom stereocenters. The molecule has 0 aliphatic carbocycles. The molecule has 0 amide bonds. The minimum absolute atomic E-state index is 0.224. The highest BCUT2D eigenvalue weighted by molar-refractivity contribution is 5.46. The summed E-state index contributed by atoms with van der Waals surface area (Å²) in [6.07, 6.45) is 3.88. The molecular weight excluding hydrogens is 294 g/mol. The Kier molecular flexibility index (Phi) is 3.63. The maximum atomic E-state index is 5.42. The summed E-state index contributed by atoms with van der Waals surface area (Å²) in [6, 6.07) is 7.85. The Morgan fingerprint density at radius 1 is 1.26 bits per heavy atom. The summed E-state index contributed by atoms with van der Waals surface area (Å²) in [5, 5.41) is 8.00. The fourth-order valence-corrected chi connectivity index (χ4v) is 2.97. The van der Waals surface area contributed by atoms with Crippen LogP contribution in [0.25, 0.3) is 11.5 Å². The summed E-state index contributed by atoms with van der Waals surface area (Å²) in [4.78, 5) is 11.0. The number of hydrogen-bond donors (Lipinski definition) is 0. The van der Waals surface area contributed by atoms with Crippen molar-refractivity contribution < 1.29 is 9.05 Å². The zero-order valence-corrected chi connectivity index (χ0v) is 12.8. The average molecular weight is 311 g/mol. The van der Waals surface area contributed by atoms with Crippen LogP contribution in [0.4, 0.5) is 0 Å². The van der Waals surface area contributed by atoms with Gasteiger partial charge in [-0.3, -0.25) is 9.88 Å². The highest BCUT2D eigenvalue weighted by Crippen LogP contribution is 2.33. The maximum absolute atomic E-state index is 5.42. The molecule has 1 fully saturated rings.